The number of hydrogen-bond acceptors (Lipinski definition) is 6. The van der Waals surface area contributed by atoms with Crippen LogP contribution in [0.1, 0.15) is 36.6 Å². The quantitative estimate of drug-likeness (QED) is 0.861. The molecule has 6 heteroatoms. The van der Waals surface area contributed by atoms with Gasteiger partial charge in [-0.3, -0.25) is 4.79 Å². The Morgan fingerprint density at radius 2 is 2.11 bits per heavy atom. The molecule has 2 atom stereocenters. The van der Waals surface area contributed by atoms with E-state index in [1.807, 2.05) is 13.8 Å². The molecule has 0 spiro atoms. The summed E-state index contributed by atoms with van der Waals surface area (Å²) in [5.41, 5.74) is 0.495. The van der Waals surface area contributed by atoms with E-state index in [1.54, 1.807) is 25.3 Å². The van der Waals surface area contributed by atoms with E-state index in [9.17, 15) is 15.0 Å². The molecule has 2 aliphatic rings. The molecule has 2 aromatic carbocycles. The average molecular weight is 370 g/mol. The highest BCUT2D eigenvalue weighted by atomic mass is 16.5. The number of rotatable bonds is 4. The lowest BCUT2D eigenvalue weighted by atomic mass is 9.84. The first kappa shape index (κ1) is 17.7. The summed E-state index contributed by atoms with van der Waals surface area (Å²) < 4.78 is 17.3. The van der Waals surface area contributed by atoms with Crippen LogP contribution in [0.2, 0.25) is 0 Å². The van der Waals surface area contributed by atoms with Gasteiger partial charge in [0.05, 0.1) is 7.11 Å². The Kier molecular flexibility index (Phi) is 4.03. The van der Waals surface area contributed by atoms with Crippen molar-refractivity contribution in [2.24, 2.45) is 5.92 Å². The molecule has 6 nitrogen and oxygen atoms in total. The number of phenols is 1. The first-order chi connectivity index (χ1) is 12.8. The Morgan fingerprint density at radius 3 is 2.81 bits per heavy atom. The summed E-state index contributed by atoms with van der Waals surface area (Å²) in [6.45, 7) is 3.69. The summed E-state index contributed by atoms with van der Waals surface area (Å²) >= 11 is 0. The summed E-state index contributed by atoms with van der Waals surface area (Å²) in [4.78, 5) is 12.4. The second-order valence-electron chi connectivity index (χ2n) is 7.35. The van der Waals surface area contributed by atoms with Gasteiger partial charge in [-0.05, 0) is 24.3 Å². The van der Waals surface area contributed by atoms with E-state index in [0.29, 0.717) is 33.9 Å². The third-order valence-corrected chi connectivity index (χ3v) is 5.30. The number of Topliss-reactive ketones (excluding diaryl/α,β-unsaturated/α-hetero) is 1. The number of hydrogen-bond donors (Lipinski definition) is 2. The standard InChI is InChI=1S/C21H22O6/c1-11(2)16(23)9-14-17(25-3)7-6-15-19(14)27-20-13-5-4-12(22)8-18(13)26-10-21(15,20)24/h4-8,11,20,22,24H,9-10H2,1-3H3/t20-,21+/m1/s1. The number of carbonyl (C=O) groups is 1. The fourth-order valence-corrected chi connectivity index (χ4v) is 3.71. The molecule has 2 aliphatic heterocycles. The number of fused-ring (bicyclic) bond motifs is 5. The van der Waals surface area contributed by atoms with Crippen molar-refractivity contribution >= 4 is 5.78 Å². The van der Waals surface area contributed by atoms with Crippen molar-refractivity contribution in [3.8, 4) is 23.0 Å². The van der Waals surface area contributed by atoms with Gasteiger partial charge >= 0.3 is 0 Å². The topological polar surface area (TPSA) is 85.2 Å². The van der Waals surface area contributed by atoms with Crippen molar-refractivity contribution in [1.29, 1.82) is 0 Å². The van der Waals surface area contributed by atoms with Crippen molar-refractivity contribution in [3.63, 3.8) is 0 Å². The van der Waals surface area contributed by atoms with E-state index >= 15 is 0 Å². The van der Waals surface area contributed by atoms with Crippen molar-refractivity contribution in [1.82, 2.24) is 0 Å². The number of ketones is 1. The molecule has 27 heavy (non-hydrogen) atoms. The fourth-order valence-electron chi connectivity index (χ4n) is 3.71. The van der Waals surface area contributed by atoms with Crippen LogP contribution in [-0.2, 0) is 16.8 Å². The minimum Gasteiger partial charge on any atom is -0.508 e. The molecule has 0 amide bonds. The molecule has 0 unspecified atom stereocenters. The molecule has 0 bridgehead atoms. The monoisotopic (exact) mass is 370 g/mol. The van der Waals surface area contributed by atoms with Crippen LogP contribution in [0.5, 0.6) is 23.0 Å². The Balaban J connectivity index is 1.83. The maximum atomic E-state index is 12.4. The smallest absolute Gasteiger partial charge is 0.168 e. The normalized spacial score (nSPS) is 22.3. The van der Waals surface area contributed by atoms with Crippen LogP contribution in [0.4, 0.5) is 0 Å². The number of phenolic OH excluding ortho intramolecular Hbond substituents is 1. The SMILES string of the molecule is COc1ccc2c(c1CC(=O)C(C)C)O[C@@H]1c3ccc(O)cc3OC[C@]21O. The first-order valence-electron chi connectivity index (χ1n) is 8.93. The lowest BCUT2D eigenvalue weighted by Crippen LogP contribution is -2.41. The Morgan fingerprint density at radius 1 is 1.33 bits per heavy atom. The van der Waals surface area contributed by atoms with E-state index in [1.165, 1.54) is 12.1 Å². The molecule has 0 saturated carbocycles. The minimum absolute atomic E-state index is 0.00891. The van der Waals surface area contributed by atoms with Gasteiger partial charge in [-0.2, -0.15) is 0 Å². The number of aliphatic hydroxyl groups is 1. The van der Waals surface area contributed by atoms with E-state index in [0.717, 1.165) is 0 Å². The second-order valence-corrected chi connectivity index (χ2v) is 7.35. The van der Waals surface area contributed by atoms with Crippen LogP contribution in [0.15, 0.2) is 30.3 Å². The molecule has 4 rings (SSSR count). The zero-order chi connectivity index (χ0) is 19.3. The number of methoxy groups -OCH3 is 1. The van der Waals surface area contributed by atoms with Gasteiger partial charge in [-0.25, -0.2) is 0 Å². The van der Waals surface area contributed by atoms with E-state index in [2.05, 4.69) is 0 Å². The molecule has 2 heterocycles. The molecule has 2 N–H and O–H groups in total. The van der Waals surface area contributed by atoms with Gasteiger partial charge in [-0.15, -0.1) is 0 Å². The fraction of sp³-hybridized carbons (Fsp3) is 0.381. The summed E-state index contributed by atoms with van der Waals surface area (Å²) in [7, 11) is 1.54. The van der Waals surface area contributed by atoms with Crippen molar-refractivity contribution < 1.29 is 29.2 Å². The summed E-state index contributed by atoms with van der Waals surface area (Å²) in [6.07, 6.45) is -0.521. The maximum absolute atomic E-state index is 12.4. The molecule has 2 aromatic rings. The molecule has 0 saturated heterocycles. The lowest BCUT2D eigenvalue weighted by molar-refractivity contribution is -0.121. The molecule has 0 radical (unpaired) electrons. The van der Waals surface area contributed by atoms with Gasteiger partial charge in [0.15, 0.2) is 11.7 Å². The third-order valence-electron chi connectivity index (χ3n) is 5.30. The lowest BCUT2D eigenvalue weighted by Gasteiger charge is -2.34. The van der Waals surface area contributed by atoms with Crippen molar-refractivity contribution in [2.75, 3.05) is 13.7 Å². The highest BCUT2D eigenvalue weighted by Gasteiger charge is 2.54. The van der Waals surface area contributed by atoms with E-state index < -0.39 is 11.7 Å². The molecule has 142 valence electrons. The predicted molar refractivity (Wildman–Crippen MR) is 97.4 cm³/mol. The summed E-state index contributed by atoms with van der Waals surface area (Å²) in [6, 6.07) is 8.22. The summed E-state index contributed by atoms with van der Waals surface area (Å²) in [5, 5.41) is 21.1. The number of ether oxygens (including phenoxy) is 3. The molecular formula is C21H22O6. The molecular weight excluding hydrogens is 348 g/mol. The van der Waals surface area contributed by atoms with Crippen LogP contribution in [-0.4, -0.2) is 29.7 Å². The number of carbonyl (C=O) groups excluding carboxylic acids is 1. The van der Waals surface area contributed by atoms with Crippen LogP contribution in [0.3, 0.4) is 0 Å². The predicted octanol–water partition coefficient (Wildman–Crippen LogP) is 2.88. The highest BCUT2D eigenvalue weighted by molar-refractivity contribution is 5.84. The largest absolute Gasteiger partial charge is 0.508 e. The molecule has 0 fully saturated rings. The highest BCUT2D eigenvalue weighted by Crippen LogP contribution is 2.56. The van der Waals surface area contributed by atoms with E-state index in [4.69, 9.17) is 14.2 Å². The minimum atomic E-state index is -1.37. The van der Waals surface area contributed by atoms with Gasteiger partial charge in [-0.1, -0.05) is 13.8 Å². The van der Waals surface area contributed by atoms with Gasteiger partial charge in [0.25, 0.3) is 0 Å². The van der Waals surface area contributed by atoms with Gasteiger partial charge in [0.2, 0.25) is 0 Å². The Bertz CT molecular complexity index is 919. The van der Waals surface area contributed by atoms with Crippen LogP contribution in [0, 0.1) is 5.92 Å². The van der Waals surface area contributed by atoms with E-state index in [-0.39, 0.29) is 30.5 Å². The first-order valence-corrected chi connectivity index (χ1v) is 8.93. The maximum Gasteiger partial charge on any atom is 0.168 e. The zero-order valence-corrected chi connectivity index (χ0v) is 15.5. The Hall–Kier alpha value is -2.73. The average Bonchev–Trinajstić information content (AvgIpc) is 2.95. The van der Waals surface area contributed by atoms with Crippen molar-refractivity contribution in [2.45, 2.75) is 32.0 Å². The van der Waals surface area contributed by atoms with Gasteiger partial charge in [0, 0.05) is 35.1 Å². The van der Waals surface area contributed by atoms with Crippen LogP contribution < -0.4 is 14.2 Å². The van der Waals surface area contributed by atoms with Crippen molar-refractivity contribution in [3.05, 3.63) is 47.0 Å². The molecule has 0 aliphatic carbocycles. The van der Waals surface area contributed by atoms with Crippen LogP contribution in [0.25, 0.3) is 0 Å². The van der Waals surface area contributed by atoms with Gasteiger partial charge in [0.1, 0.15) is 35.4 Å². The second kappa shape index (κ2) is 6.16. The third kappa shape index (κ3) is 2.63. The Labute approximate surface area is 157 Å². The van der Waals surface area contributed by atoms with Crippen LogP contribution >= 0.6 is 0 Å². The molecule has 0 aromatic heterocycles. The zero-order valence-electron chi connectivity index (χ0n) is 15.5. The van der Waals surface area contributed by atoms with Gasteiger partial charge < -0.3 is 24.4 Å². The number of benzene rings is 2. The summed E-state index contributed by atoms with van der Waals surface area (Å²) in [5.74, 6) is 1.53. The number of aromatic hydroxyl groups is 1.